The molecule has 15 heteroatoms. The van der Waals surface area contributed by atoms with Crippen LogP contribution < -0.4 is 25.9 Å². The highest BCUT2D eigenvalue weighted by molar-refractivity contribution is 5.97. The van der Waals surface area contributed by atoms with Crippen molar-refractivity contribution < 1.29 is 28.2 Å². The van der Waals surface area contributed by atoms with Gasteiger partial charge in [-0.25, -0.2) is 9.18 Å². The Hall–Kier alpha value is -5.12. The third kappa shape index (κ3) is 8.43. The fraction of sp³-hybridized carbons (Fsp3) is 0.475. The largest absolute Gasteiger partial charge is 0.496 e. The van der Waals surface area contributed by atoms with Crippen LogP contribution in [0, 0.1) is 0 Å². The number of aromatic nitrogens is 3. The van der Waals surface area contributed by atoms with Crippen molar-refractivity contribution in [1.82, 2.24) is 34.1 Å². The fourth-order valence-electron chi connectivity index (χ4n) is 7.90. The van der Waals surface area contributed by atoms with Gasteiger partial charge in [0.1, 0.15) is 17.7 Å². The number of hydrogen-bond donors (Lipinski definition) is 1. The number of imide groups is 1. The number of benzene rings is 1. The van der Waals surface area contributed by atoms with Crippen LogP contribution in [-0.4, -0.2) is 113 Å². The number of likely N-dealkylation sites (tertiary alicyclic amines) is 2. The molecule has 3 aromatic heterocycles. The maximum atomic E-state index is 15.5. The molecule has 0 unspecified atom stereocenters. The normalized spacial score (nSPS) is 20.2. The van der Waals surface area contributed by atoms with E-state index in [-0.39, 0.29) is 49.2 Å². The second-order valence-corrected chi connectivity index (χ2v) is 14.6. The Morgan fingerprint density at radius 2 is 1.64 bits per heavy atom. The minimum atomic E-state index is -1.13. The van der Waals surface area contributed by atoms with Gasteiger partial charge in [-0.05, 0) is 48.9 Å². The summed E-state index contributed by atoms with van der Waals surface area (Å²) >= 11 is 0. The first-order chi connectivity index (χ1) is 26.6. The predicted octanol–water partition coefficient (Wildman–Crippen LogP) is 3.31. The molecule has 2 atom stereocenters. The van der Waals surface area contributed by atoms with E-state index in [9.17, 15) is 19.2 Å². The number of amides is 3. The molecule has 1 aromatic carbocycles. The number of nitrogens with zero attached hydrogens (tertiary/aromatic N) is 6. The van der Waals surface area contributed by atoms with E-state index in [0.717, 1.165) is 53.8 Å². The van der Waals surface area contributed by atoms with Gasteiger partial charge in [0.05, 0.1) is 38.4 Å². The predicted molar refractivity (Wildman–Crippen MR) is 204 cm³/mol. The highest BCUT2D eigenvalue weighted by atomic mass is 19.1. The Morgan fingerprint density at radius 1 is 0.855 bits per heavy atom. The molecule has 0 spiro atoms. The molecular formula is C40H48FN7O7. The molecule has 0 aliphatic carbocycles. The summed E-state index contributed by atoms with van der Waals surface area (Å²) in [6.07, 6.45) is 7.51. The van der Waals surface area contributed by atoms with E-state index in [1.54, 1.807) is 61.1 Å². The maximum absolute atomic E-state index is 15.5. The molecule has 0 radical (unpaired) electrons. The SMILES string of the molecule is COc1cc(-c2cn(C)c(=O)c3cnccc23)c(OC)cc1CN1CCC(O[C@@H]2CCN(CCn3cccc(CN4CCC(=O)NC4=O)c3=O)C[C@H]2F)CC1. The minimum Gasteiger partial charge on any atom is -0.496 e. The average molecular weight is 758 g/mol. The summed E-state index contributed by atoms with van der Waals surface area (Å²) in [5.74, 6) is 1.08. The number of aryl methyl sites for hydroxylation is 1. The van der Waals surface area contributed by atoms with Gasteiger partial charge in [-0.2, -0.15) is 0 Å². The molecule has 0 saturated carbocycles. The topological polar surface area (TPSA) is 140 Å². The molecule has 55 heavy (non-hydrogen) atoms. The quantitative estimate of drug-likeness (QED) is 0.229. The molecule has 292 valence electrons. The molecule has 3 aliphatic heterocycles. The van der Waals surface area contributed by atoms with Crippen LogP contribution >= 0.6 is 0 Å². The molecule has 1 N–H and O–H groups in total. The number of carbonyl (C=O) groups excluding carboxylic acids is 2. The number of nitrogens with one attached hydrogen (secondary N) is 1. The number of fused-ring (bicyclic) bond motifs is 1. The van der Waals surface area contributed by atoms with Crippen molar-refractivity contribution in [3.63, 3.8) is 0 Å². The van der Waals surface area contributed by atoms with Crippen LogP contribution in [0.4, 0.5) is 9.18 Å². The lowest BCUT2D eigenvalue weighted by atomic mass is 9.98. The lowest BCUT2D eigenvalue weighted by molar-refractivity contribution is -0.121. The first-order valence-corrected chi connectivity index (χ1v) is 18.8. The zero-order chi connectivity index (χ0) is 38.6. The molecule has 6 heterocycles. The van der Waals surface area contributed by atoms with Crippen molar-refractivity contribution >= 4 is 22.7 Å². The van der Waals surface area contributed by atoms with E-state index in [0.29, 0.717) is 49.3 Å². The standard InChI is InChI=1S/C40H48FN7O7/c1-44-24-32(29-6-11-42-21-31(29)39(44)51)30-20-35(53-2)27(19-36(30)54-3)22-45-13-7-28(8-14-45)55-34-9-15-46(25-33(34)41)17-18-47-12-4-5-26(38(47)50)23-48-16-10-37(49)43-40(48)52/h4-6,11-12,19-21,24,28,33-34H,7-10,13-18,22-23,25H2,1-3H3,(H,43,49,52)/t33-,34-/m1/s1. The fourth-order valence-corrected chi connectivity index (χ4v) is 7.90. The molecule has 3 amide bonds. The summed E-state index contributed by atoms with van der Waals surface area (Å²) in [7, 11) is 5.01. The molecule has 0 bridgehead atoms. The van der Waals surface area contributed by atoms with Crippen molar-refractivity contribution in [2.45, 2.75) is 63.7 Å². The monoisotopic (exact) mass is 757 g/mol. The first-order valence-electron chi connectivity index (χ1n) is 18.8. The van der Waals surface area contributed by atoms with Gasteiger partial charge >= 0.3 is 6.03 Å². The number of alkyl halides is 1. The van der Waals surface area contributed by atoms with Gasteiger partial charge in [0, 0.05) is 113 Å². The third-order valence-corrected chi connectivity index (χ3v) is 11.0. The molecule has 7 rings (SSSR count). The van der Waals surface area contributed by atoms with Crippen LogP contribution in [0.25, 0.3) is 21.9 Å². The van der Waals surface area contributed by atoms with Gasteiger partial charge in [0.15, 0.2) is 0 Å². The summed E-state index contributed by atoms with van der Waals surface area (Å²) in [6.45, 7) is 4.45. The van der Waals surface area contributed by atoms with E-state index in [4.69, 9.17) is 14.2 Å². The number of hydrogen-bond acceptors (Lipinski definition) is 10. The van der Waals surface area contributed by atoms with Crippen molar-refractivity contribution in [2.24, 2.45) is 7.05 Å². The zero-order valence-corrected chi connectivity index (χ0v) is 31.5. The number of methoxy groups -OCH3 is 2. The Balaban J connectivity index is 0.906. The number of urea groups is 1. The molecule has 3 aliphatic rings. The minimum absolute atomic E-state index is 0.0289. The third-order valence-electron chi connectivity index (χ3n) is 11.0. The molecular weight excluding hydrogens is 709 g/mol. The Morgan fingerprint density at radius 3 is 2.38 bits per heavy atom. The number of halogens is 1. The van der Waals surface area contributed by atoms with Gasteiger partial charge in [-0.1, -0.05) is 6.07 Å². The van der Waals surface area contributed by atoms with Gasteiger partial charge in [-0.3, -0.25) is 34.5 Å². The van der Waals surface area contributed by atoms with Crippen LogP contribution in [0.2, 0.25) is 0 Å². The zero-order valence-electron chi connectivity index (χ0n) is 31.5. The average Bonchev–Trinajstić information content (AvgIpc) is 3.19. The summed E-state index contributed by atoms with van der Waals surface area (Å²) < 4.78 is 36.7. The van der Waals surface area contributed by atoms with E-state index < -0.39 is 18.3 Å². The highest BCUT2D eigenvalue weighted by Gasteiger charge is 2.33. The lowest BCUT2D eigenvalue weighted by Crippen LogP contribution is -2.50. The van der Waals surface area contributed by atoms with Crippen molar-refractivity contribution in [3.05, 3.63) is 87.0 Å². The van der Waals surface area contributed by atoms with Crippen LogP contribution in [0.1, 0.15) is 36.8 Å². The molecule has 3 fully saturated rings. The summed E-state index contributed by atoms with van der Waals surface area (Å²) in [6, 6.07) is 8.78. The summed E-state index contributed by atoms with van der Waals surface area (Å²) in [5, 5.41) is 3.60. The van der Waals surface area contributed by atoms with E-state index in [2.05, 4.69) is 15.2 Å². The summed E-state index contributed by atoms with van der Waals surface area (Å²) in [4.78, 5) is 59.5. The van der Waals surface area contributed by atoms with Crippen LogP contribution in [0.15, 0.2) is 64.7 Å². The number of piperidine rings is 2. The first kappa shape index (κ1) is 38.2. The Kier molecular flexibility index (Phi) is 11.6. The highest BCUT2D eigenvalue weighted by Crippen LogP contribution is 2.39. The molecule has 3 saturated heterocycles. The van der Waals surface area contributed by atoms with Crippen LogP contribution in [0.5, 0.6) is 11.5 Å². The van der Waals surface area contributed by atoms with E-state index in [1.165, 1.54) is 4.90 Å². The maximum Gasteiger partial charge on any atom is 0.324 e. The second-order valence-electron chi connectivity index (χ2n) is 14.6. The van der Waals surface area contributed by atoms with Gasteiger partial charge in [0.25, 0.3) is 11.1 Å². The van der Waals surface area contributed by atoms with Crippen molar-refractivity contribution in [3.8, 4) is 22.6 Å². The van der Waals surface area contributed by atoms with Crippen LogP contribution in [0.3, 0.4) is 0 Å². The molecule has 4 aromatic rings. The van der Waals surface area contributed by atoms with Gasteiger partial charge in [0.2, 0.25) is 5.91 Å². The summed E-state index contributed by atoms with van der Waals surface area (Å²) in [5.41, 5.74) is 2.80. The number of carbonyl (C=O) groups is 2. The lowest BCUT2D eigenvalue weighted by Gasteiger charge is -2.38. The number of pyridine rings is 3. The Bertz CT molecular complexity index is 2170. The van der Waals surface area contributed by atoms with Crippen molar-refractivity contribution in [1.29, 1.82) is 0 Å². The van der Waals surface area contributed by atoms with Crippen molar-refractivity contribution in [2.75, 3.05) is 53.5 Å². The van der Waals surface area contributed by atoms with Crippen LogP contribution in [-0.2, 0) is 36.2 Å². The number of ether oxygens (including phenoxy) is 3. The second kappa shape index (κ2) is 16.7. The van der Waals surface area contributed by atoms with E-state index >= 15 is 4.39 Å². The van der Waals surface area contributed by atoms with E-state index in [1.807, 2.05) is 29.3 Å². The molecule has 14 nitrogen and oxygen atoms in total. The Labute approximate surface area is 318 Å². The van der Waals surface area contributed by atoms with Gasteiger partial charge in [-0.15, -0.1) is 0 Å². The van der Waals surface area contributed by atoms with Gasteiger partial charge < -0.3 is 28.2 Å². The smallest absolute Gasteiger partial charge is 0.324 e. The number of rotatable bonds is 12.